The van der Waals surface area contributed by atoms with Gasteiger partial charge in [0.15, 0.2) is 17.6 Å². The van der Waals surface area contributed by atoms with Gasteiger partial charge in [-0.25, -0.2) is 4.79 Å². The molecule has 0 bridgehead atoms. The molecule has 6 heteroatoms. The summed E-state index contributed by atoms with van der Waals surface area (Å²) in [6, 6.07) is 14.3. The second-order valence-corrected chi connectivity index (χ2v) is 5.75. The Hall–Kier alpha value is -2.40. The van der Waals surface area contributed by atoms with Gasteiger partial charge in [-0.2, -0.15) is 0 Å². The molecule has 2 amide bonds. The minimum Gasteiger partial charge on any atom is -0.486 e. The number of nitrogens with zero attached hydrogens (tertiary/aromatic N) is 1. The fourth-order valence-corrected chi connectivity index (χ4v) is 2.42. The van der Waals surface area contributed by atoms with E-state index in [-0.39, 0.29) is 12.1 Å². The molecular weight excluding hydrogens is 316 g/mol. The Morgan fingerprint density at radius 3 is 2.65 bits per heavy atom. The topological polar surface area (TPSA) is 50.8 Å². The summed E-state index contributed by atoms with van der Waals surface area (Å²) in [5.74, 6) is 1.44. The predicted octanol–water partition coefficient (Wildman–Crippen LogP) is 3.64. The van der Waals surface area contributed by atoms with E-state index >= 15 is 0 Å². The van der Waals surface area contributed by atoms with Gasteiger partial charge < -0.3 is 19.7 Å². The second kappa shape index (κ2) is 6.79. The van der Waals surface area contributed by atoms with Crippen LogP contribution in [0.4, 0.5) is 10.5 Å². The number of para-hydroxylation sites is 2. The number of hydrogen-bond donors (Lipinski definition) is 1. The standard InChI is InChI=1S/C17H17ClN2O3/c1-20(17(21)19-13-8-6-12(18)7-9-13)10-14-11-22-15-4-2-3-5-16(15)23-14/h2-9,14H,10-11H2,1H3,(H,19,21). The molecule has 0 saturated carbocycles. The van der Waals surface area contributed by atoms with Crippen LogP contribution in [-0.4, -0.2) is 37.2 Å². The Labute approximate surface area is 139 Å². The number of anilines is 1. The monoisotopic (exact) mass is 332 g/mol. The van der Waals surface area contributed by atoms with Gasteiger partial charge in [-0.05, 0) is 36.4 Å². The van der Waals surface area contributed by atoms with Crippen LogP contribution in [0.5, 0.6) is 11.5 Å². The SMILES string of the molecule is CN(CC1COc2ccccc2O1)C(=O)Nc1ccc(Cl)cc1. The average Bonchev–Trinajstić information content (AvgIpc) is 2.56. The smallest absolute Gasteiger partial charge is 0.321 e. The summed E-state index contributed by atoms with van der Waals surface area (Å²) in [5, 5.41) is 3.44. The van der Waals surface area contributed by atoms with Crippen molar-refractivity contribution in [3.8, 4) is 11.5 Å². The summed E-state index contributed by atoms with van der Waals surface area (Å²) in [4.78, 5) is 13.8. The van der Waals surface area contributed by atoms with Crippen LogP contribution in [0.15, 0.2) is 48.5 Å². The van der Waals surface area contributed by atoms with E-state index in [1.807, 2.05) is 24.3 Å². The lowest BCUT2D eigenvalue weighted by Gasteiger charge is -2.29. The van der Waals surface area contributed by atoms with Gasteiger partial charge in [0.25, 0.3) is 0 Å². The Morgan fingerprint density at radius 2 is 1.91 bits per heavy atom. The fourth-order valence-electron chi connectivity index (χ4n) is 2.29. The lowest BCUT2D eigenvalue weighted by Crippen LogP contribution is -2.43. The van der Waals surface area contributed by atoms with Crippen molar-refractivity contribution >= 4 is 23.3 Å². The summed E-state index contributed by atoms with van der Waals surface area (Å²) in [5.41, 5.74) is 0.692. The summed E-state index contributed by atoms with van der Waals surface area (Å²) >= 11 is 5.83. The van der Waals surface area contributed by atoms with Crippen LogP contribution in [-0.2, 0) is 0 Å². The Balaban J connectivity index is 1.56. The number of carbonyl (C=O) groups is 1. The Kier molecular flexibility index (Phi) is 4.57. The van der Waals surface area contributed by atoms with Crippen LogP contribution < -0.4 is 14.8 Å². The van der Waals surface area contributed by atoms with Gasteiger partial charge in [-0.1, -0.05) is 23.7 Å². The molecule has 1 N–H and O–H groups in total. The summed E-state index contributed by atoms with van der Waals surface area (Å²) < 4.78 is 11.5. The van der Waals surface area contributed by atoms with Crippen molar-refractivity contribution in [3.05, 3.63) is 53.6 Å². The highest BCUT2D eigenvalue weighted by Crippen LogP contribution is 2.30. The highest BCUT2D eigenvalue weighted by atomic mass is 35.5. The van der Waals surface area contributed by atoms with Crippen molar-refractivity contribution in [1.82, 2.24) is 4.90 Å². The van der Waals surface area contributed by atoms with Crippen molar-refractivity contribution in [2.24, 2.45) is 0 Å². The molecule has 5 nitrogen and oxygen atoms in total. The van der Waals surface area contributed by atoms with Crippen LogP contribution in [0.25, 0.3) is 0 Å². The summed E-state index contributed by atoms with van der Waals surface area (Å²) in [6.45, 7) is 0.837. The fraction of sp³-hybridized carbons (Fsp3) is 0.235. The molecule has 0 aromatic heterocycles. The first kappa shape index (κ1) is 15.5. The zero-order chi connectivity index (χ0) is 16.2. The molecule has 1 unspecified atom stereocenters. The van der Waals surface area contributed by atoms with E-state index in [1.165, 1.54) is 0 Å². The van der Waals surface area contributed by atoms with Gasteiger partial charge in [-0.15, -0.1) is 0 Å². The lowest BCUT2D eigenvalue weighted by atomic mass is 10.2. The van der Waals surface area contributed by atoms with Crippen LogP contribution in [0.1, 0.15) is 0 Å². The molecular formula is C17H17ClN2O3. The van der Waals surface area contributed by atoms with Gasteiger partial charge in [0.2, 0.25) is 0 Å². The van der Waals surface area contributed by atoms with Crippen molar-refractivity contribution in [3.63, 3.8) is 0 Å². The molecule has 1 heterocycles. The third-order valence-corrected chi connectivity index (χ3v) is 3.74. The third kappa shape index (κ3) is 3.87. The number of benzene rings is 2. The maximum atomic E-state index is 12.2. The van der Waals surface area contributed by atoms with Gasteiger partial charge in [-0.3, -0.25) is 0 Å². The molecule has 1 atom stereocenters. The van der Waals surface area contributed by atoms with E-state index in [1.54, 1.807) is 36.2 Å². The number of fused-ring (bicyclic) bond motifs is 1. The van der Waals surface area contributed by atoms with E-state index in [2.05, 4.69) is 5.32 Å². The molecule has 0 aliphatic carbocycles. The molecule has 2 aromatic carbocycles. The first-order valence-electron chi connectivity index (χ1n) is 7.28. The molecule has 1 aliphatic heterocycles. The number of rotatable bonds is 3. The van der Waals surface area contributed by atoms with Crippen molar-refractivity contribution in [2.75, 3.05) is 25.5 Å². The predicted molar refractivity (Wildman–Crippen MR) is 89.5 cm³/mol. The highest BCUT2D eigenvalue weighted by molar-refractivity contribution is 6.30. The van der Waals surface area contributed by atoms with Gasteiger partial charge in [0, 0.05) is 17.8 Å². The summed E-state index contributed by atoms with van der Waals surface area (Å²) in [6.07, 6.45) is -0.203. The quantitative estimate of drug-likeness (QED) is 0.933. The lowest BCUT2D eigenvalue weighted by molar-refractivity contribution is 0.0731. The molecule has 120 valence electrons. The first-order valence-corrected chi connectivity index (χ1v) is 7.66. The number of halogens is 1. The zero-order valence-electron chi connectivity index (χ0n) is 12.7. The molecule has 0 spiro atoms. The number of likely N-dealkylation sites (N-methyl/N-ethyl adjacent to an activating group) is 1. The largest absolute Gasteiger partial charge is 0.486 e. The molecule has 0 radical (unpaired) electrons. The van der Waals surface area contributed by atoms with Crippen molar-refractivity contribution in [2.45, 2.75) is 6.10 Å². The molecule has 2 aromatic rings. The number of ether oxygens (including phenoxy) is 2. The molecule has 0 fully saturated rings. The number of urea groups is 1. The van der Waals surface area contributed by atoms with E-state index in [9.17, 15) is 4.79 Å². The third-order valence-electron chi connectivity index (χ3n) is 3.49. The van der Waals surface area contributed by atoms with E-state index in [0.29, 0.717) is 29.6 Å². The number of carbonyl (C=O) groups excluding carboxylic acids is 1. The van der Waals surface area contributed by atoms with Crippen molar-refractivity contribution in [1.29, 1.82) is 0 Å². The van der Waals surface area contributed by atoms with Crippen LogP contribution in [0.3, 0.4) is 0 Å². The number of amides is 2. The maximum Gasteiger partial charge on any atom is 0.321 e. The van der Waals surface area contributed by atoms with Crippen LogP contribution in [0.2, 0.25) is 5.02 Å². The second-order valence-electron chi connectivity index (χ2n) is 5.32. The van der Waals surface area contributed by atoms with Crippen LogP contribution >= 0.6 is 11.6 Å². The maximum absolute atomic E-state index is 12.2. The van der Waals surface area contributed by atoms with Crippen molar-refractivity contribution < 1.29 is 14.3 Å². The van der Waals surface area contributed by atoms with Gasteiger partial charge >= 0.3 is 6.03 Å². The van der Waals surface area contributed by atoms with Crippen LogP contribution in [0, 0.1) is 0 Å². The minimum absolute atomic E-state index is 0.203. The highest BCUT2D eigenvalue weighted by Gasteiger charge is 2.23. The van der Waals surface area contributed by atoms with Gasteiger partial charge in [0.05, 0.1) is 6.54 Å². The molecule has 23 heavy (non-hydrogen) atoms. The van der Waals surface area contributed by atoms with E-state index in [4.69, 9.17) is 21.1 Å². The molecule has 3 rings (SSSR count). The average molecular weight is 333 g/mol. The summed E-state index contributed by atoms with van der Waals surface area (Å²) in [7, 11) is 1.72. The Morgan fingerprint density at radius 1 is 1.22 bits per heavy atom. The minimum atomic E-state index is -0.213. The van der Waals surface area contributed by atoms with E-state index in [0.717, 1.165) is 5.75 Å². The zero-order valence-corrected chi connectivity index (χ0v) is 13.4. The van der Waals surface area contributed by atoms with Gasteiger partial charge in [0.1, 0.15) is 6.61 Å². The molecule has 0 saturated heterocycles. The first-order chi connectivity index (χ1) is 11.1. The number of hydrogen-bond acceptors (Lipinski definition) is 3. The van der Waals surface area contributed by atoms with E-state index < -0.39 is 0 Å². The molecule has 1 aliphatic rings. The normalized spacial score (nSPS) is 15.8. The number of nitrogens with one attached hydrogen (secondary N) is 1. The Bertz CT molecular complexity index is 690.